The van der Waals surface area contributed by atoms with E-state index in [1.165, 1.54) is 16.4 Å². The standard InChI is InChI=1S/C27H27N5O5S/c1-27(2,3)37-26(33)31-22-11-9-19-20(22)10-12-24-21(19)13-25(23-16-28-17(14-29-23)15-30-34)32(24)38(35,36)18-7-5-4-6-8-18/h4-8,10,12-16,22,34H,9,11H2,1-3H3,(H,31,33)/b30-15-/t22-/m1/s1. The number of fused-ring (bicyclic) bond motifs is 3. The van der Waals surface area contributed by atoms with Crippen molar-refractivity contribution in [3.05, 3.63) is 77.7 Å². The molecule has 0 radical (unpaired) electrons. The number of alkyl carbamates (subject to hydrolysis) is 1. The molecule has 4 aromatic rings. The zero-order valence-electron chi connectivity index (χ0n) is 21.1. The Morgan fingerprint density at radius 2 is 1.92 bits per heavy atom. The Kier molecular flexibility index (Phi) is 6.39. The highest BCUT2D eigenvalue weighted by molar-refractivity contribution is 7.90. The minimum absolute atomic E-state index is 0.140. The molecule has 1 aliphatic carbocycles. The molecule has 2 aromatic heterocycles. The van der Waals surface area contributed by atoms with Crippen LogP contribution in [0.25, 0.3) is 22.3 Å². The van der Waals surface area contributed by atoms with Crippen molar-refractivity contribution in [3.63, 3.8) is 0 Å². The Balaban J connectivity index is 1.65. The van der Waals surface area contributed by atoms with Gasteiger partial charge in [-0.25, -0.2) is 17.2 Å². The van der Waals surface area contributed by atoms with Crippen molar-refractivity contribution in [1.29, 1.82) is 0 Å². The summed E-state index contributed by atoms with van der Waals surface area (Å²) in [6, 6.07) is 13.4. The second-order valence-electron chi connectivity index (χ2n) is 9.99. The SMILES string of the molecule is CC(C)(C)OC(=O)N[C@@H]1CCc2c1ccc1c2cc(-c2cnc(/C=N\O)cn2)n1S(=O)(=O)c1ccccc1. The molecule has 0 saturated heterocycles. The van der Waals surface area contributed by atoms with Gasteiger partial charge in [-0.1, -0.05) is 29.4 Å². The maximum atomic E-state index is 13.9. The zero-order valence-corrected chi connectivity index (χ0v) is 21.9. The fourth-order valence-electron chi connectivity index (χ4n) is 4.71. The summed E-state index contributed by atoms with van der Waals surface area (Å²) in [5, 5.41) is 15.4. The normalized spacial score (nSPS) is 15.6. The predicted molar refractivity (Wildman–Crippen MR) is 142 cm³/mol. The van der Waals surface area contributed by atoms with Crippen LogP contribution in [0.2, 0.25) is 0 Å². The van der Waals surface area contributed by atoms with Crippen molar-refractivity contribution in [2.24, 2.45) is 5.16 Å². The average molecular weight is 534 g/mol. The maximum absolute atomic E-state index is 13.9. The first-order valence-corrected chi connectivity index (χ1v) is 13.5. The van der Waals surface area contributed by atoms with Crippen LogP contribution in [0.5, 0.6) is 0 Å². The van der Waals surface area contributed by atoms with Crippen LogP contribution >= 0.6 is 0 Å². The lowest BCUT2D eigenvalue weighted by molar-refractivity contribution is 0.0503. The second-order valence-corrected chi connectivity index (χ2v) is 11.8. The molecule has 0 spiro atoms. The van der Waals surface area contributed by atoms with E-state index in [0.29, 0.717) is 35.4 Å². The molecule has 196 valence electrons. The van der Waals surface area contributed by atoms with Crippen LogP contribution in [0.3, 0.4) is 0 Å². The molecule has 1 aliphatic rings. The number of nitrogens with zero attached hydrogens (tertiary/aromatic N) is 4. The number of nitrogens with one attached hydrogen (secondary N) is 1. The fourth-order valence-corrected chi connectivity index (χ4v) is 6.25. The van der Waals surface area contributed by atoms with Gasteiger partial charge in [0.25, 0.3) is 10.0 Å². The van der Waals surface area contributed by atoms with Crippen LogP contribution in [0, 0.1) is 0 Å². The lowest BCUT2D eigenvalue weighted by Crippen LogP contribution is -2.34. The first kappa shape index (κ1) is 25.4. The van der Waals surface area contributed by atoms with Crippen molar-refractivity contribution >= 4 is 33.2 Å². The molecule has 5 rings (SSSR count). The number of benzene rings is 2. The average Bonchev–Trinajstić information content (AvgIpc) is 3.46. The van der Waals surface area contributed by atoms with Crippen molar-refractivity contribution in [2.75, 3.05) is 0 Å². The number of amides is 1. The molecule has 2 aromatic carbocycles. The van der Waals surface area contributed by atoms with Gasteiger partial charge >= 0.3 is 6.09 Å². The number of aryl methyl sites for hydroxylation is 1. The molecular weight excluding hydrogens is 506 g/mol. The van der Waals surface area contributed by atoms with Crippen LogP contribution in [-0.2, 0) is 21.2 Å². The lowest BCUT2D eigenvalue weighted by Gasteiger charge is -2.22. The highest BCUT2D eigenvalue weighted by Crippen LogP contribution is 2.40. The Morgan fingerprint density at radius 1 is 1.16 bits per heavy atom. The summed E-state index contributed by atoms with van der Waals surface area (Å²) < 4.78 is 34.5. The molecule has 2 heterocycles. The van der Waals surface area contributed by atoms with Crippen LogP contribution in [0.15, 0.2) is 71.0 Å². The highest BCUT2D eigenvalue weighted by Gasteiger charge is 2.31. The molecule has 1 amide bonds. The molecule has 0 saturated carbocycles. The number of carbonyl (C=O) groups excluding carboxylic acids is 1. The minimum atomic E-state index is -4.00. The van der Waals surface area contributed by atoms with E-state index in [1.54, 1.807) is 42.5 Å². The quantitative estimate of drug-likeness (QED) is 0.216. The second kappa shape index (κ2) is 9.56. The van der Waals surface area contributed by atoms with E-state index in [1.807, 2.05) is 26.8 Å². The van der Waals surface area contributed by atoms with Gasteiger partial charge in [0, 0.05) is 5.39 Å². The van der Waals surface area contributed by atoms with E-state index in [9.17, 15) is 13.2 Å². The molecule has 0 aliphatic heterocycles. The third kappa shape index (κ3) is 4.72. The number of ether oxygens (including phenoxy) is 1. The van der Waals surface area contributed by atoms with Crippen LogP contribution in [0.4, 0.5) is 4.79 Å². The van der Waals surface area contributed by atoms with E-state index in [2.05, 4.69) is 20.4 Å². The van der Waals surface area contributed by atoms with E-state index in [0.717, 1.165) is 22.7 Å². The molecule has 2 N–H and O–H groups in total. The van der Waals surface area contributed by atoms with Gasteiger partial charge in [0.1, 0.15) is 17.0 Å². The molecule has 38 heavy (non-hydrogen) atoms. The van der Waals surface area contributed by atoms with Crippen molar-refractivity contribution < 1.29 is 23.2 Å². The van der Waals surface area contributed by atoms with Gasteiger partial charge in [0.15, 0.2) is 0 Å². The molecule has 0 bridgehead atoms. The number of hydrogen-bond acceptors (Lipinski definition) is 8. The molecule has 0 fully saturated rings. The van der Waals surface area contributed by atoms with Gasteiger partial charge in [0.05, 0.1) is 40.8 Å². The summed E-state index contributed by atoms with van der Waals surface area (Å²) >= 11 is 0. The summed E-state index contributed by atoms with van der Waals surface area (Å²) in [5.41, 5.74) is 2.78. The predicted octanol–water partition coefficient (Wildman–Crippen LogP) is 4.66. The van der Waals surface area contributed by atoms with E-state index >= 15 is 0 Å². The van der Waals surface area contributed by atoms with Crippen molar-refractivity contribution in [2.45, 2.75) is 50.2 Å². The van der Waals surface area contributed by atoms with Gasteiger partial charge in [-0.3, -0.25) is 9.97 Å². The van der Waals surface area contributed by atoms with Crippen LogP contribution in [0.1, 0.15) is 50.1 Å². The summed E-state index contributed by atoms with van der Waals surface area (Å²) in [6.07, 6.45) is 4.79. The summed E-state index contributed by atoms with van der Waals surface area (Å²) in [6.45, 7) is 5.42. The fraction of sp³-hybridized carbons (Fsp3) is 0.259. The molecular formula is C27H27N5O5S. The summed E-state index contributed by atoms with van der Waals surface area (Å²) in [7, 11) is -4.00. The monoisotopic (exact) mass is 533 g/mol. The highest BCUT2D eigenvalue weighted by atomic mass is 32.2. The number of aromatic nitrogens is 3. The topological polar surface area (TPSA) is 136 Å². The largest absolute Gasteiger partial charge is 0.444 e. The van der Waals surface area contributed by atoms with Gasteiger partial charge in [-0.2, -0.15) is 0 Å². The van der Waals surface area contributed by atoms with E-state index in [-0.39, 0.29) is 10.9 Å². The Hall–Kier alpha value is -4.25. The third-order valence-electron chi connectivity index (χ3n) is 6.24. The molecule has 11 heteroatoms. The van der Waals surface area contributed by atoms with E-state index in [4.69, 9.17) is 9.94 Å². The van der Waals surface area contributed by atoms with Crippen molar-refractivity contribution in [3.8, 4) is 11.4 Å². The number of carbonyl (C=O) groups is 1. The molecule has 10 nitrogen and oxygen atoms in total. The Bertz CT molecular complexity index is 1640. The summed E-state index contributed by atoms with van der Waals surface area (Å²) in [4.78, 5) is 21.2. The van der Waals surface area contributed by atoms with Gasteiger partial charge in [-0.05, 0) is 69.0 Å². The number of rotatable bonds is 5. The first-order chi connectivity index (χ1) is 18.1. The van der Waals surface area contributed by atoms with Crippen LogP contribution in [-0.4, -0.2) is 45.5 Å². The Labute approximate surface area is 220 Å². The van der Waals surface area contributed by atoms with Gasteiger partial charge in [-0.15, -0.1) is 0 Å². The minimum Gasteiger partial charge on any atom is -0.444 e. The van der Waals surface area contributed by atoms with Gasteiger partial charge in [0.2, 0.25) is 0 Å². The molecule has 0 unspecified atom stereocenters. The van der Waals surface area contributed by atoms with Crippen molar-refractivity contribution in [1.82, 2.24) is 19.3 Å². The van der Waals surface area contributed by atoms with Crippen LogP contribution < -0.4 is 5.32 Å². The third-order valence-corrected chi connectivity index (χ3v) is 7.99. The van der Waals surface area contributed by atoms with Gasteiger partial charge < -0.3 is 15.3 Å². The molecule has 1 atom stereocenters. The smallest absolute Gasteiger partial charge is 0.408 e. The summed E-state index contributed by atoms with van der Waals surface area (Å²) in [5.74, 6) is 0. The lowest BCUT2D eigenvalue weighted by atomic mass is 10.0. The number of hydrogen-bond donors (Lipinski definition) is 2. The van der Waals surface area contributed by atoms with E-state index < -0.39 is 21.7 Å². The number of oxime groups is 1. The first-order valence-electron chi connectivity index (χ1n) is 12.1. The maximum Gasteiger partial charge on any atom is 0.408 e. The Morgan fingerprint density at radius 3 is 2.58 bits per heavy atom. The zero-order chi connectivity index (χ0) is 27.1.